The number of aromatic nitrogens is 3. The highest BCUT2D eigenvalue weighted by molar-refractivity contribution is 7.89. The molecule has 3 heterocycles. The van der Waals surface area contributed by atoms with E-state index in [0.29, 0.717) is 17.8 Å². The van der Waals surface area contributed by atoms with Crippen molar-refractivity contribution in [1.29, 1.82) is 0 Å². The van der Waals surface area contributed by atoms with Crippen LogP contribution in [0.25, 0.3) is 5.82 Å². The summed E-state index contributed by atoms with van der Waals surface area (Å²) in [6.07, 6.45) is 5.66. The van der Waals surface area contributed by atoms with Crippen molar-refractivity contribution >= 4 is 21.6 Å². The van der Waals surface area contributed by atoms with Crippen molar-refractivity contribution < 1.29 is 13.2 Å². The first-order chi connectivity index (χ1) is 13.9. The third kappa shape index (κ3) is 3.66. The molecule has 1 aliphatic heterocycles. The number of carbonyl (C=O) groups excluding carboxylic acids is 1. The van der Waals surface area contributed by atoms with Gasteiger partial charge in [0, 0.05) is 49.4 Å². The van der Waals surface area contributed by atoms with Crippen molar-refractivity contribution in [2.24, 2.45) is 0 Å². The number of hydrogen-bond donors (Lipinski definition) is 1. The van der Waals surface area contributed by atoms with Gasteiger partial charge in [-0.1, -0.05) is 6.07 Å². The molecule has 0 fully saturated rings. The molecule has 150 valence electrons. The Morgan fingerprint density at radius 1 is 1.24 bits per heavy atom. The normalized spacial score (nSPS) is 16.1. The summed E-state index contributed by atoms with van der Waals surface area (Å²) in [6.45, 7) is 3.55. The molecule has 8 nitrogen and oxygen atoms in total. The predicted molar refractivity (Wildman–Crippen MR) is 108 cm³/mol. The topological polar surface area (TPSA) is 97.2 Å². The zero-order valence-corrected chi connectivity index (χ0v) is 16.9. The summed E-state index contributed by atoms with van der Waals surface area (Å²) in [7, 11) is -3.73. The number of hydrogen-bond acceptors (Lipinski definition) is 5. The van der Waals surface area contributed by atoms with E-state index in [1.165, 1.54) is 13.0 Å². The maximum absolute atomic E-state index is 12.9. The number of amides is 1. The van der Waals surface area contributed by atoms with Gasteiger partial charge in [0.1, 0.15) is 0 Å². The average molecular weight is 411 g/mol. The van der Waals surface area contributed by atoms with Gasteiger partial charge in [0.25, 0.3) is 0 Å². The van der Waals surface area contributed by atoms with E-state index >= 15 is 0 Å². The molecule has 1 amide bonds. The minimum atomic E-state index is -3.73. The summed E-state index contributed by atoms with van der Waals surface area (Å²) >= 11 is 0. The molecule has 29 heavy (non-hydrogen) atoms. The van der Waals surface area contributed by atoms with E-state index < -0.39 is 10.0 Å². The van der Waals surface area contributed by atoms with Crippen LogP contribution >= 0.6 is 0 Å². The molecule has 9 heteroatoms. The first kappa shape index (κ1) is 19.3. The van der Waals surface area contributed by atoms with Gasteiger partial charge >= 0.3 is 0 Å². The molecule has 1 aliphatic rings. The first-order valence-electron chi connectivity index (χ1n) is 9.23. The molecule has 3 aromatic rings. The largest absolute Gasteiger partial charge is 0.309 e. The number of pyridine rings is 1. The van der Waals surface area contributed by atoms with Crippen molar-refractivity contribution in [3.05, 3.63) is 66.1 Å². The van der Waals surface area contributed by atoms with Crippen LogP contribution in [0.4, 0.5) is 5.69 Å². The average Bonchev–Trinajstić information content (AvgIpc) is 3.33. The van der Waals surface area contributed by atoms with Crippen molar-refractivity contribution in [2.45, 2.75) is 37.8 Å². The lowest BCUT2D eigenvalue weighted by Gasteiger charge is -2.20. The first-order valence-corrected chi connectivity index (χ1v) is 10.7. The lowest BCUT2D eigenvalue weighted by Crippen LogP contribution is -2.33. The second kappa shape index (κ2) is 7.41. The minimum absolute atomic E-state index is 0.0143. The Morgan fingerprint density at radius 3 is 2.79 bits per heavy atom. The lowest BCUT2D eigenvalue weighted by molar-refractivity contribution is -0.116. The van der Waals surface area contributed by atoms with E-state index in [4.69, 9.17) is 0 Å². The summed E-state index contributed by atoms with van der Waals surface area (Å²) < 4.78 is 30.0. The van der Waals surface area contributed by atoms with Gasteiger partial charge in [-0.15, -0.1) is 0 Å². The van der Waals surface area contributed by atoms with E-state index in [0.717, 1.165) is 11.3 Å². The van der Waals surface area contributed by atoms with Gasteiger partial charge in [0.05, 0.1) is 4.90 Å². The molecule has 4 rings (SSSR count). The van der Waals surface area contributed by atoms with Crippen molar-refractivity contribution in [2.75, 3.05) is 4.90 Å². The molecule has 0 radical (unpaired) electrons. The van der Waals surface area contributed by atoms with E-state index in [1.807, 2.05) is 13.0 Å². The van der Waals surface area contributed by atoms with E-state index in [-0.39, 0.29) is 23.4 Å². The van der Waals surface area contributed by atoms with E-state index in [1.54, 1.807) is 52.4 Å². The van der Waals surface area contributed by atoms with Gasteiger partial charge < -0.3 is 4.90 Å². The fraction of sp³-hybridized carbons (Fsp3) is 0.250. The highest BCUT2D eigenvalue weighted by Gasteiger charge is 2.30. The Kier molecular flexibility index (Phi) is 4.93. The van der Waals surface area contributed by atoms with Crippen LogP contribution in [0, 0.1) is 0 Å². The Bertz CT molecular complexity index is 1160. The molecular weight excluding hydrogens is 390 g/mol. The standard InChI is InChI=1S/C20H21N5O3S/c1-14-11-17-12-18(6-7-19(17)25(14)15(2)26)29(27,28)23-13-16-5-3-8-21-20(16)24-10-4-9-22-24/h3-10,12,14,23H,11,13H2,1-2H3/t14-/m0/s1. The van der Waals surface area contributed by atoms with Crippen LogP contribution in [0.15, 0.2) is 59.9 Å². The second-order valence-electron chi connectivity index (χ2n) is 6.99. The Balaban J connectivity index is 1.57. The second-order valence-corrected chi connectivity index (χ2v) is 8.76. The fourth-order valence-corrected chi connectivity index (χ4v) is 4.74. The molecular formula is C20H21N5O3S. The quantitative estimate of drug-likeness (QED) is 0.693. The number of fused-ring (bicyclic) bond motifs is 1. The van der Waals surface area contributed by atoms with Gasteiger partial charge in [0.15, 0.2) is 5.82 Å². The van der Waals surface area contributed by atoms with Crippen LogP contribution in [-0.4, -0.2) is 35.1 Å². The van der Waals surface area contributed by atoms with Crippen molar-refractivity contribution in [3.8, 4) is 5.82 Å². The third-order valence-corrected chi connectivity index (χ3v) is 6.36. The Hall–Kier alpha value is -3.04. The predicted octanol–water partition coefficient (Wildman–Crippen LogP) is 2.04. The molecule has 0 spiro atoms. The molecule has 0 bridgehead atoms. The summed E-state index contributed by atoms with van der Waals surface area (Å²) in [5, 5.41) is 4.16. The number of benzene rings is 1. The van der Waals surface area contributed by atoms with Crippen LogP contribution in [0.5, 0.6) is 0 Å². The Labute approximate surface area is 169 Å². The van der Waals surface area contributed by atoms with Gasteiger partial charge in [-0.05, 0) is 49.2 Å². The molecule has 2 aromatic heterocycles. The van der Waals surface area contributed by atoms with Gasteiger partial charge in [-0.2, -0.15) is 5.10 Å². The number of rotatable bonds is 5. The van der Waals surface area contributed by atoms with E-state index in [2.05, 4.69) is 14.8 Å². The molecule has 1 atom stereocenters. The summed E-state index contributed by atoms with van der Waals surface area (Å²) in [4.78, 5) is 18.1. The van der Waals surface area contributed by atoms with Crippen LogP contribution in [0.2, 0.25) is 0 Å². The van der Waals surface area contributed by atoms with Crippen LogP contribution < -0.4 is 9.62 Å². The molecule has 0 saturated carbocycles. The van der Waals surface area contributed by atoms with Crippen molar-refractivity contribution in [3.63, 3.8) is 0 Å². The maximum atomic E-state index is 12.9. The van der Waals surface area contributed by atoms with Crippen LogP contribution in [0.1, 0.15) is 25.0 Å². The number of nitrogens with zero attached hydrogens (tertiary/aromatic N) is 4. The van der Waals surface area contributed by atoms with Crippen LogP contribution in [0.3, 0.4) is 0 Å². The smallest absolute Gasteiger partial charge is 0.240 e. The zero-order chi connectivity index (χ0) is 20.6. The summed E-state index contributed by atoms with van der Waals surface area (Å²) in [5.74, 6) is 0.521. The highest BCUT2D eigenvalue weighted by atomic mass is 32.2. The monoisotopic (exact) mass is 411 g/mol. The van der Waals surface area contributed by atoms with E-state index in [9.17, 15) is 13.2 Å². The molecule has 1 N–H and O–H groups in total. The molecule has 0 saturated heterocycles. The minimum Gasteiger partial charge on any atom is -0.309 e. The highest BCUT2D eigenvalue weighted by Crippen LogP contribution is 2.33. The van der Waals surface area contributed by atoms with Gasteiger partial charge in [-0.3, -0.25) is 4.79 Å². The lowest BCUT2D eigenvalue weighted by atomic mass is 10.1. The third-order valence-electron chi connectivity index (χ3n) is 4.96. The summed E-state index contributed by atoms with van der Waals surface area (Å²) in [6, 6.07) is 10.2. The number of nitrogens with one attached hydrogen (secondary N) is 1. The van der Waals surface area contributed by atoms with Gasteiger partial charge in [-0.25, -0.2) is 22.8 Å². The molecule has 0 unspecified atom stereocenters. The number of sulfonamides is 1. The molecule has 1 aromatic carbocycles. The fourth-order valence-electron chi connectivity index (χ4n) is 3.68. The van der Waals surface area contributed by atoms with Gasteiger partial charge in [0.2, 0.25) is 15.9 Å². The maximum Gasteiger partial charge on any atom is 0.240 e. The zero-order valence-electron chi connectivity index (χ0n) is 16.1. The number of anilines is 1. The van der Waals surface area contributed by atoms with Crippen LogP contribution in [-0.2, 0) is 27.8 Å². The SMILES string of the molecule is CC(=O)N1c2ccc(S(=O)(=O)NCc3cccnc3-n3cccn3)cc2C[C@@H]1C. The Morgan fingerprint density at radius 2 is 2.07 bits per heavy atom. The summed E-state index contributed by atoms with van der Waals surface area (Å²) in [5.41, 5.74) is 2.34. The van der Waals surface area contributed by atoms with Crippen molar-refractivity contribution in [1.82, 2.24) is 19.5 Å². The molecule has 0 aliphatic carbocycles. The number of carbonyl (C=O) groups is 1.